The molecule has 98 valence electrons. The first-order valence-electron chi connectivity index (χ1n) is 5.43. The van der Waals surface area contributed by atoms with Crippen molar-refractivity contribution in [2.24, 2.45) is 0 Å². The van der Waals surface area contributed by atoms with Crippen LogP contribution in [0.3, 0.4) is 0 Å². The minimum Gasteiger partial charge on any atom is -0.394 e. The van der Waals surface area contributed by atoms with Gasteiger partial charge >= 0.3 is 0 Å². The highest BCUT2D eigenvalue weighted by molar-refractivity contribution is 7.99. The van der Waals surface area contributed by atoms with Crippen LogP contribution in [0, 0.1) is 0 Å². The SMILES string of the molecule is O=C(NCC(O)CO)c1cnc2n(c1=O)CCS2. The van der Waals surface area contributed by atoms with E-state index in [2.05, 4.69) is 10.3 Å². The fraction of sp³-hybridized carbons (Fsp3) is 0.500. The van der Waals surface area contributed by atoms with Crippen LogP contribution in [0.1, 0.15) is 10.4 Å². The molecule has 1 atom stereocenters. The molecule has 1 aliphatic heterocycles. The highest BCUT2D eigenvalue weighted by Gasteiger charge is 2.20. The van der Waals surface area contributed by atoms with Gasteiger partial charge in [0, 0.05) is 25.0 Å². The van der Waals surface area contributed by atoms with Crippen LogP contribution in [0.25, 0.3) is 0 Å². The molecule has 0 bridgehead atoms. The molecule has 0 aliphatic carbocycles. The van der Waals surface area contributed by atoms with Crippen LogP contribution in [0.15, 0.2) is 16.1 Å². The zero-order valence-electron chi connectivity index (χ0n) is 9.50. The second kappa shape index (κ2) is 5.51. The Kier molecular flexibility index (Phi) is 4.00. The number of nitrogens with one attached hydrogen (secondary N) is 1. The van der Waals surface area contributed by atoms with Crippen molar-refractivity contribution in [1.29, 1.82) is 0 Å². The first-order chi connectivity index (χ1) is 8.63. The largest absolute Gasteiger partial charge is 0.394 e. The van der Waals surface area contributed by atoms with Gasteiger partial charge in [-0.3, -0.25) is 14.2 Å². The number of thioether (sulfide) groups is 1. The first kappa shape index (κ1) is 13.1. The third-order valence-electron chi connectivity index (χ3n) is 2.51. The number of nitrogens with zero attached hydrogens (tertiary/aromatic N) is 2. The van der Waals surface area contributed by atoms with Gasteiger partial charge in [-0.2, -0.15) is 0 Å². The number of carbonyl (C=O) groups is 1. The number of rotatable bonds is 4. The summed E-state index contributed by atoms with van der Waals surface area (Å²) >= 11 is 1.47. The van der Waals surface area contributed by atoms with Crippen LogP contribution >= 0.6 is 11.8 Å². The Hall–Kier alpha value is -1.38. The normalized spacial score (nSPS) is 15.2. The van der Waals surface area contributed by atoms with Gasteiger partial charge in [-0.1, -0.05) is 11.8 Å². The number of hydrogen-bond donors (Lipinski definition) is 3. The van der Waals surface area contributed by atoms with Crippen molar-refractivity contribution in [3.63, 3.8) is 0 Å². The number of carbonyl (C=O) groups excluding carboxylic acids is 1. The maximum absolute atomic E-state index is 12.0. The Balaban J connectivity index is 2.14. The van der Waals surface area contributed by atoms with Gasteiger partial charge in [0.1, 0.15) is 5.56 Å². The van der Waals surface area contributed by atoms with Gasteiger partial charge < -0.3 is 15.5 Å². The van der Waals surface area contributed by atoms with Gasteiger partial charge in [-0.15, -0.1) is 0 Å². The van der Waals surface area contributed by atoms with Crippen LogP contribution in [-0.2, 0) is 6.54 Å². The topological polar surface area (TPSA) is 104 Å². The third kappa shape index (κ3) is 2.55. The Morgan fingerprint density at radius 1 is 1.67 bits per heavy atom. The summed E-state index contributed by atoms with van der Waals surface area (Å²) in [7, 11) is 0. The highest BCUT2D eigenvalue weighted by Crippen LogP contribution is 2.20. The highest BCUT2D eigenvalue weighted by atomic mass is 32.2. The summed E-state index contributed by atoms with van der Waals surface area (Å²) in [4.78, 5) is 27.7. The minimum absolute atomic E-state index is 0.0496. The summed E-state index contributed by atoms with van der Waals surface area (Å²) in [5.41, 5.74) is -0.424. The predicted molar refractivity (Wildman–Crippen MR) is 64.6 cm³/mol. The fourth-order valence-corrected chi connectivity index (χ4v) is 2.46. The number of fused-ring (bicyclic) bond motifs is 1. The summed E-state index contributed by atoms with van der Waals surface area (Å²) in [5, 5.41) is 20.7. The number of amides is 1. The second-order valence-corrected chi connectivity index (χ2v) is 4.87. The van der Waals surface area contributed by atoms with E-state index in [1.165, 1.54) is 22.5 Å². The zero-order chi connectivity index (χ0) is 13.1. The van der Waals surface area contributed by atoms with Crippen LogP contribution in [0.5, 0.6) is 0 Å². The smallest absolute Gasteiger partial charge is 0.267 e. The van der Waals surface area contributed by atoms with Crippen LogP contribution in [0.4, 0.5) is 0 Å². The molecule has 0 radical (unpaired) electrons. The molecule has 8 heteroatoms. The van der Waals surface area contributed by atoms with E-state index in [1.807, 2.05) is 0 Å². The summed E-state index contributed by atoms with van der Waals surface area (Å²) in [6, 6.07) is 0. The van der Waals surface area contributed by atoms with Crippen molar-refractivity contribution >= 4 is 17.7 Å². The Bertz CT molecular complexity index is 516. The van der Waals surface area contributed by atoms with E-state index in [0.717, 1.165) is 5.75 Å². The molecule has 2 heterocycles. The Morgan fingerprint density at radius 3 is 3.17 bits per heavy atom. The van der Waals surface area contributed by atoms with Crippen molar-refractivity contribution in [3.8, 4) is 0 Å². The lowest BCUT2D eigenvalue weighted by atomic mass is 10.3. The van der Waals surface area contributed by atoms with Crippen molar-refractivity contribution in [3.05, 3.63) is 22.1 Å². The molecule has 18 heavy (non-hydrogen) atoms. The standard InChI is InChI=1S/C10H13N3O4S/c14-5-6(15)3-11-8(16)7-4-12-10-13(9(7)17)1-2-18-10/h4,6,14-15H,1-3,5H2,(H,11,16). The molecule has 1 aliphatic rings. The molecule has 1 amide bonds. The number of aliphatic hydroxyl groups is 2. The van der Waals surface area contributed by atoms with Gasteiger partial charge in [-0.05, 0) is 0 Å². The number of aromatic nitrogens is 2. The molecule has 1 unspecified atom stereocenters. The third-order valence-corrected chi connectivity index (χ3v) is 3.48. The lowest BCUT2D eigenvalue weighted by molar-refractivity contribution is 0.0800. The Morgan fingerprint density at radius 2 is 2.44 bits per heavy atom. The molecule has 0 spiro atoms. The number of aliphatic hydroxyl groups excluding tert-OH is 2. The molecule has 0 aromatic carbocycles. The van der Waals surface area contributed by atoms with Crippen molar-refractivity contribution in [2.75, 3.05) is 18.9 Å². The van der Waals surface area contributed by atoms with E-state index >= 15 is 0 Å². The lowest BCUT2D eigenvalue weighted by Gasteiger charge is -2.09. The van der Waals surface area contributed by atoms with Gasteiger partial charge in [0.2, 0.25) is 0 Å². The monoisotopic (exact) mass is 271 g/mol. The average Bonchev–Trinajstić information content (AvgIpc) is 2.85. The van der Waals surface area contributed by atoms with Gasteiger partial charge in [0.15, 0.2) is 5.16 Å². The van der Waals surface area contributed by atoms with Crippen molar-refractivity contribution in [2.45, 2.75) is 17.8 Å². The van der Waals surface area contributed by atoms with E-state index in [9.17, 15) is 9.59 Å². The van der Waals surface area contributed by atoms with Gasteiger partial charge in [0.25, 0.3) is 11.5 Å². The minimum atomic E-state index is -1.03. The quantitative estimate of drug-likeness (QED) is 0.572. The van der Waals surface area contributed by atoms with Gasteiger partial charge in [-0.25, -0.2) is 4.98 Å². The Labute approximate surface area is 107 Å². The molecule has 0 fully saturated rings. The molecule has 0 saturated heterocycles. The summed E-state index contributed by atoms with van der Waals surface area (Å²) in [6.07, 6.45) is 0.210. The van der Waals surface area contributed by atoms with E-state index in [-0.39, 0.29) is 17.7 Å². The summed E-state index contributed by atoms with van der Waals surface area (Å²) in [5.74, 6) is 0.184. The van der Waals surface area contributed by atoms with Crippen LogP contribution < -0.4 is 10.9 Å². The molecular weight excluding hydrogens is 258 g/mol. The molecular formula is C10H13N3O4S. The maximum Gasteiger partial charge on any atom is 0.267 e. The first-order valence-corrected chi connectivity index (χ1v) is 6.42. The molecule has 0 saturated carbocycles. The van der Waals surface area contributed by atoms with Crippen LogP contribution in [0.2, 0.25) is 0 Å². The van der Waals surface area contributed by atoms with E-state index < -0.39 is 18.6 Å². The van der Waals surface area contributed by atoms with Crippen LogP contribution in [-0.4, -0.2) is 50.7 Å². The van der Waals surface area contributed by atoms with Gasteiger partial charge in [0.05, 0.1) is 12.7 Å². The predicted octanol–water partition coefficient (Wildman–Crippen LogP) is -1.57. The van der Waals surface area contributed by atoms with E-state index in [4.69, 9.17) is 10.2 Å². The molecule has 1 aromatic heterocycles. The molecule has 2 rings (SSSR count). The summed E-state index contributed by atoms with van der Waals surface area (Å²) < 4.78 is 1.46. The van der Waals surface area contributed by atoms with E-state index in [0.29, 0.717) is 11.7 Å². The van der Waals surface area contributed by atoms with Crippen molar-refractivity contribution in [1.82, 2.24) is 14.9 Å². The van der Waals surface area contributed by atoms with Crippen molar-refractivity contribution < 1.29 is 15.0 Å². The fourth-order valence-electron chi connectivity index (χ4n) is 1.54. The zero-order valence-corrected chi connectivity index (χ0v) is 10.3. The molecule has 3 N–H and O–H groups in total. The molecule has 7 nitrogen and oxygen atoms in total. The average molecular weight is 271 g/mol. The maximum atomic E-state index is 12.0. The number of hydrogen-bond acceptors (Lipinski definition) is 6. The second-order valence-electron chi connectivity index (χ2n) is 3.81. The molecule has 1 aromatic rings. The van der Waals surface area contributed by atoms with E-state index in [1.54, 1.807) is 0 Å². The lowest BCUT2D eigenvalue weighted by Crippen LogP contribution is -2.38. The summed E-state index contributed by atoms with van der Waals surface area (Å²) in [6.45, 7) is -0.00413.